The second-order valence-electron chi connectivity index (χ2n) is 2.91. The van der Waals surface area contributed by atoms with Crippen LogP contribution in [0.5, 0.6) is 0 Å². The van der Waals surface area contributed by atoms with Crippen molar-refractivity contribution in [1.29, 1.82) is 0 Å². The summed E-state index contributed by atoms with van der Waals surface area (Å²) in [6.07, 6.45) is 3.17. The third-order valence-electron chi connectivity index (χ3n) is 1.76. The molecule has 1 fully saturated rings. The maximum Gasteiger partial charge on any atom is 0.248 e. The summed E-state index contributed by atoms with van der Waals surface area (Å²) in [6.45, 7) is 3.34. The molecule has 0 aliphatic carbocycles. The normalized spacial score (nSPS) is 18.2. The Labute approximate surface area is 77.2 Å². The maximum absolute atomic E-state index is 11.2. The molecule has 0 N–H and O–H groups in total. The summed E-state index contributed by atoms with van der Waals surface area (Å²) in [5, 5.41) is 0. The first kappa shape index (κ1) is 9.92. The average molecular weight is 183 g/mol. The first-order valence-corrected chi connectivity index (χ1v) is 4.23. The highest BCUT2D eigenvalue weighted by Gasteiger charge is 2.16. The van der Waals surface area contributed by atoms with Gasteiger partial charge in [0.1, 0.15) is 6.61 Å². The Hall–Kier alpha value is -1.16. The van der Waals surface area contributed by atoms with Gasteiger partial charge in [0.25, 0.3) is 0 Å². The van der Waals surface area contributed by atoms with Crippen LogP contribution in [0, 0.1) is 0 Å². The molecule has 0 aromatic carbocycles. The topological polar surface area (TPSA) is 46.6 Å². The van der Waals surface area contributed by atoms with E-state index in [0.29, 0.717) is 19.7 Å². The lowest BCUT2D eigenvalue weighted by molar-refractivity contribution is -0.141. The number of rotatable bonds is 3. The molecule has 1 heterocycles. The van der Waals surface area contributed by atoms with Crippen LogP contribution in [0.25, 0.3) is 0 Å². The van der Waals surface area contributed by atoms with E-state index in [1.54, 1.807) is 11.0 Å². The van der Waals surface area contributed by atoms with Gasteiger partial charge in [-0.1, -0.05) is 6.08 Å². The third-order valence-corrected chi connectivity index (χ3v) is 1.76. The van der Waals surface area contributed by atoms with Crippen LogP contribution in [0.15, 0.2) is 12.2 Å². The van der Waals surface area contributed by atoms with Crippen LogP contribution in [0.3, 0.4) is 0 Å². The van der Waals surface area contributed by atoms with Crippen molar-refractivity contribution in [2.75, 3.05) is 26.3 Å². The van der Waals surface area contributed by atoms with Gasteiger partial charge in [0.15, 0.2) is 5.78 Å². The molecule has 0 aromatic heterocycles. The van der Waals surface area contributed by atoms with Crippen LogP contribution in [0.2, 0.25) is 0 Å². The minimum atomic E-state index is -0.0144. The number of hydrogen-bond donors (Lipinski definition) is 0. The van der Waals surface area contributed by atoms with Crippen molar-refractivity contribution in [3.05, 3.63) is 12.2 Å². The molecule has 0 radical (unpaired) electrons. The number of carbonyl (C=O) groups is 2. The van der Waals surface area contributed by atoms with E-state index in [2.05, 4.69) is 0 Å². The molecule has 0 spiro atoms. The van der Waals surface area contributed by atoms with Crippen molar-refractivity contribution in [2.24, 2.45) is 0 Å². The quantitative estimate of drug-likeness (QED) is 0.578. The van der Waals surface area contributed by atoms with Crippen molar-refractivity contribution in [3.63, 3.8) is 0 Å². The monoisotopic (exact) mass is 183 g/mol. The molecule has 0 saturated carbocycles. The lowest BCUT2D eigenvalue weighted by Gasteiger charge is -2.25. The first-order chi connectivity index (χ1) is 6.20. The summed E-state index contributed by atoms with van der Waals surface area (Å²) in [5.41, 5.74) is 0. The third kappa shape index (κ3) is 3.38. The van der Waals surface area contributed by atoms with Crippen molar-refractivity contribution in [2.45, 2.75) is 6.92 Å². The fourth-order valence-electron chi connectivity index (χ4n) is 1.09. The maximum atomic E-state index is 11.2. The summed E-state index contributed by atoms with van der Waals surface area (Å²) in [7, 11) is 0. The fourth-order valence-corrected chi connectivity index (χ4v) is 1.09. The highest BCUT2D eigenvalue weighted by molar-refractivity contribution is 5.87. The Morgan fingerprint density at radius 2 is 2.46 bits per heavy atom. The molecule has 0 bridgehead atoms. The minimum Gasteiger partial charge on any atom is -0.370 e. The Balaban J connectivity index is 2.34. The van der Waals surface area contributed by atoms with E-state index in [4.69, 9.17) is 4.74 Å². The molecule has 72 valence electrons. The van der Waals surface area contributed by atoms with Gasteiger partial charge in [-0.3, -0.25) is 9.59 Å². The number of nitrogens with zero attached hydrogens (tertiary/aromatic N) is 1. The SMILES string of the molecule is CC(=O)/C=C/CN1CCOCC1=O. The number of carbonyl (C=O) groups excluding carboxylic acids is 2. The van der Waals surface area contributed by atoms with Crippen LogP contribution in [-0.4, -0.2) is 42.9 Å². The largest absolute Gasteiger partial charge is 0.370 e. The van der Waals surface area contributed by atoms with Crippen molar-refractivity contribution < 1.29 is 14.3 Å². The van der Waals surface area contributed by atoms with Crippen LogP contribution in [0.1, 0.15) is 6.92 Å². The fraction of sp³-hybridized carbons (Fsp3) is 0.556. The van der Waals surface area contributed by atoms with Gasteiger partial charge in [-0.15, -0.1) is 0 Å². The summed E-state index contributed by atoms with van der Waals surface area (Å²) < 4.78 is 4.96. The zero-order chi connectivity index (χ0) is 9.68. The van der Waals surface area contributed by atoms with Gasteiger partial charge in [0.2, 0.25) is 5.91 Å². The molecule has 4 heteroatoms. The highest BCUT2D eigenvalue weighted by atomic mass is 16.5. The van der Waals surface area contributed by atoms with E-state index >= 15 is 0 Å². The van der Waals surface area contributed by atoms with Gasteiger partial charge < -0.3 is 9.64 Å². The molecule has 1 aliphatic rings. The van der Waals surface area contributed by atoms with E-state index < -0.39 is 0 Å². The molecule has 4 nitrogen and oxygen atoms in total. The van der Waals surface area contributed by atoms with Gasteiger partial charge in [0, 0.05) is 13.1 Å². The Kier molecular flexibility index (Phi) is 3.64. The Morgan fingerprint density at radius 1 is 1.69 bits per heavy atom. The number of amides is 1. The number of allylic oxidation sites excluding steroid dienone is 1. The second-order valence-corrected chi connectivity index (χ2v) is 2.91. The van der Waals surface area contributed by atoms with Crippen molar-refractivity contribution >= 4 is 11.7 Å². The Morgan fingerprint density at radius 3 is 3.08 bits per heavy atom. The summed E-state index contributed by atoms with van der Waals surface area (Å²) in [4.78, 5) is 23.4. The van der Waals surface area contributed by atoms with Gasteiger partial charge >= 0.3 is 0 Å². The molecule has 1 rings (SSSR count). The summed E-state index contributed by atoms with van der Waals surface area (Å²) in [6, 6.07) is 0. The van der Waals surface area contributed by atoms with Crippen molar-refractivity contribution in [1.82, 2.24) is 4.90 Å². The smallest absolute Gasteiger partial charge is 0.248 e. The van der Waals surface area contributed by atoms with Crippen LogP contribution < -0.4 is 0 Å². The van der Waals surface area contributed by atoms with E-state index in [1.807, 2.05) is 0 Å². The van der Waals surface area contributed by atoms with Gasteiger partial charge in [-0.2, -0.15) is 0 Å². The van der Waals surface area contributed by atoms with E-state index in [1.165, 1.54) is 13.0 Å². The molecular formula is C9H13NO3. The predicted octanol–water partition coefficient (Wildman–Crippen LogP) is -0.00960. The highest BCUT2D eigenvalue weighted by Crippen LogP contribution is 1.98. The zero-order valence-electron chi connectivity index (χ0n) is 7.66. The van der Waals surface area contributed by atoms with Crippen LogP contribution >= 0.6 is 0 Å². The number of ether oxygens (including phenoxy) is 1. The molecule has 0 atom stereocenters. The molecule has 0 unspecified atom stereocenters. The van der Waals surface area contributed by atoms with Gasteiger partial charge in [0.05, 0.1) is 6.61 Å². The van der Waals surface area contributed by atoms with Crippen molar-refractivity contribution in [3.8, 4) is 0 Å². The minimum absolute atomic E-state index is 0.000656. The zero-order valence-corrected chi connectivity index (χ0v) is 7.66. The molecule has 1 saturated heterocycles. The molecule has 13 heavy (non-hydrogen) atoms. The summed E-state index contributed by atoms with van der Waals surface area (Å²) in [5.74, 6) is -0.0137. The summed E-state index contributed by atoms with van der Waals surface area (Å²) >= 11 is 0. The second kappa shape index (κ2) is 4.77. The van der Waals surface area contributed by atoms with E-state index in [0.717, 1.165) is 0 Å². The lowest BCUT2D eigenvalue weighted by Crippen LogP contribution is -2.41. The van der Waals surface area contributed by atoms with E-state index in [-0.39, 0.29) is 18.3 Å². The predicted molar refractivity (Wildman–Crippen MR) is 47.2 cm³/mol. The molecule has 1 amide bonds. The van der Waals surface area contributed by atoms with E-state index in [9.17, 15) is 9.59 Å². The molecule has 1 aliphatic heterocycles. The lowest BCUT2D eigenvalue weighted by atomic mass is 10.3. The number of morpholine rings is 1. The number of hydrogen-bond acceptors (Lipinski definition) is 3. The molecule has 0 aromatic rings. The number of ketones is 1. The first-order valence-electron chi connectivity index (χ1n) is 4.23. The van der Waals surface area contributed by atoms with Gasteiger partial charge in [-0.25, -0.2) is 0 Å². The average Bonchev–Trinajstić information content (AvgIpc) is 2.08. The van der Waals surface area contributed by atoms with Gasteiger partial charge in [-0.05, 0) is 13.0 Å². The Bertz CT molecular complexity index is 235. The van der Waals surface area contributed by atoms with Crippen LogP contribution in [0.4, 0.5) is 0 Å². The standard InChI is InChI=1S/C9H13NO3/c1-8(11)3-2-4-10-5-6-13-7-9(10)12/h2-3H,4-7H2,1H3/b3-2+. The van der Waals surface area contributed by atoms with Crippen LogP contribution in [-0.2, 0) is 14.3 Å². The molecular weight excluding hydrogens is 170 g/mol.